The van der Waals surface area contributed by atoms with Crippen LogP contribution in [-0.2, 0) is 17.9 Å². The Morgan fingerprint density at radius 2 is 2.00 bits per heavy atom. The van der Waals surface area contributed by atoms with Gasteiger partial charge in [-0.25, -0.2) is 0 Å². The van der Waals surface area contributed by atoms with E-state index in [1.165, 1.54) is 0 Å². The monoisotopic (exact) mass is 261 g/mol. The fourth-order valence-electron chi connectivity index (χ4n) is 1.60. The minimum Gasteiger partial charge on any atom is -0.377 e. The van der Waals surface area contributed by atoms with Crippen molar-refractivity contribution >= 4 is 0 Å². The third kappa shape index (κ3) is 5.51. The molecule has 18 heavy (non-hydrogen) atoms. The smallest absolute Gasteiger partial charge is 0.377 e. The van der Waals surface area contributed by atoms with Gasteiger partial charge in [-0.1, -0.05) is 18.2 Å². The van der Waals surface area contributed by atoms with Crippen molar-refractivity contribution in [3.8, 4) is 0 Å². The molecule has 2 nitrogen and oxygen atoms in total. The van der Waals surface area contributed by atoms with Crippen molar-refractivity contribution in [2.45, 2.75) is 39.1 Å². The Hall–Kier alpha value is -1.07. The number of rotatable bonds is 6. The van der Waals surface area contributed by atoms with Crippen LogP contribution in [0.5, 0.6) is 0 Å². The van der Waals surface area contributed by atoms with E-state index in [2.05, 4.69) is 0 Å². The van der Waals surface area contributed by atoms with E-state index < -0.39 is 12.6 Å². The molecule has 1 rings (SSSR count). The second-order valence-corrected chi connectivity index (χ2v) is 4.24. The van der Waals surface area contributed by atoms with E-state index in [-0.39, 0.29) is 13.0 Å². The van der Waals surface area contributed by atoms with Gasteiger partial charge in [-0.2, -0.15) is 13.2 Å². The minimum absolute atomic E-state index is 0.00340. The Morgan fingerprint density at radius 3 is 2.56 bits per heavy atom. The van der Waals surface area contributed by atoms with Crippen LogP contribution in [0.4, 0.5) is 13.2 Å². The van der Waals surface area contributed by atoms with Crippen molar-refractivity contribution in [2.75, 3.05) is 6.61 Å². The third-order valence-electron chi connectivity index (χ3n) is 2.65. The number of hydrogen-bond donors (Lipinski definition) is 1. The van der Waals surface area contributed by atoms with Crippen molar-refractivity contribution in [1.29, 1.82) is 0 Å². The van der Waals surface area contributed by atoms with Gasteiger partial charge in [-0.15, -0.1) is 0 Å². The average molecular weight is 261 g/mol. The number of hydrogen-bond acceptors (Lipinski definition) is 2. The number of ether oxygens (including phenoxy) is 1. The molecular formula is C13H18F3NO. The molecule has 0 atom stereocenters. The summed E-state index contributed by atoms with van der Waals surface area (Å²) in [7, 11) is 0. The van der Waals surface area contributed by atoms with Crippen LogP contribution in [0.15, 0.2) is 18.2 Å². The number of aryl methyl sites for hydroxylation is 1. The highest BCUT2D eigenvalue weighted by atomic mass is 19.4. The van der Waals surface area contributed by atoms with Crippen molar-refractivity contribution in [3.05, 3.63) is 34.9 Å². The first-order valence-corrected chi connectivity index (χ1v) is 5.85. The van der Waals surface area contributed by atoms with E-state index in [1.54, 1.807) is 0 Å². The first-order valence-electron chi connectivity index (χ1n) is 5.85. The fourth-order valence-corrected chi connectivity index (χ4v) is 1.60. The standard InChI is InChI=1S/C13H18F3NO/c1-10-7-11(8-17)3-4-12(10)9-18-6-2-5-13(14,15)16/h3-4,7H,2,5-6,8-9,17H2,1H3. The largest absolute Gasteiger partial charge is 0.389 e. The summed E-state index contributed by atoms with van der Waals surface area (Å²) in [6.07, 6.45) is -4.89. The molecule has 0 aromatic heterocycles. The molecular weight excluding hydrogens is 243 g/mol. The Kier molecular flexibility index (Phi) is 5.62. The normalized spacial score (nSPS) is 11.8. The molecule has 0 aliphatic heterocycles. The summed E-state index contributed by atoms with van der Waals surface area (Å²) < 4.78 is 40.9. The fraction of sp³-hybridized carbons (Fsp3) is 0.538. The molecule has 1 aromatic rings. The maximum atomic E-state index is 11.9. The van der Waals surface area contributed by atoms with Crippen LogP contribution in [0, 0.1) is 6.92 Å². The second-order valence-electron chi connectivity index (χ2n) is 4.24. The van der Waals surface area contributed by atoms with Crippen molar-refractivity contribution < 1.29 is 17.9 Å². The molecule has 1 aromatic carbocycles. The summed E-state index contributed by atoms with van der Waals surface area (Å²) in [5, 5.41) is 0. The van der Waals surface area contributed by atoms with Gasteiger partial charge < -0.3 is 10.5 Å². The number of halogens is 3. The lowest BCUT2D eigenvalue weighted by molar-refractivity contribution is -0.138. The van der Waals surface area contributed by atoms with Gasteiger partial charge in [-0.3, -0.25) is 0 Å². The maximum Gasteiger partial charge on any atom is 0.389 e. The molecule has 0 bridgehead atoms. The molecule has 0 heterocycles. The van der Waals surface area contributed by atoms with E-state index in [9.17, 15) is 13.2 Å². The van der Waals surface area contributed by atoms with Crippen LogP contribution in [0.1, 0.15) is 29.5 Å². The zero-order chi connectivity index (χ0) is 13.6. The van der Waals surface area contributed by atoms with Gasteiger partial charge >= 0.3 is 6.18 Å². The highest BCUT2D eigenvalue weighted by molar-refractivity contribution is 5.30. The Bertz CT molecular complexity index is 377. The highest BCUT2D eigenvalue weighted by Crippen LogP contribution is 2.21. The first-order chi connectivity index (χ1) is 8.42. The summed E-state index contributed by atoms with van der Waals surface area (Å²) in [4.78, 5) is 0. The maximum absolute atomic E-state index is 11.9. The summed E-state index contributed by atoms with van der Waals surface area (Å²) in [6.45, 7) is 2.88. The average Bonchev–Trinajstić information content (AvgIpc) is 2.29. The Morgan fingerprint density at radius 1 is 1.28 bits per heavy atom. The van der Waals surface area contributed by atoms with Gasteiger partial charge in [0, 0.05) is 19.6 Å². The lowest BCUT2D eigenvalue weighted by Crippen LogP contribution is -2.09. The number of alkyl halides is 3. The summed E-state index contributed by atoms with van der Waals surface area (Å²) in [5.74, 6) is 0. The molecule has 0 saturated carbocycles. The quantitative estimate of drug-likeness (QED) is 0.797. The van der Waals surface area contributed by atoms with Gasteiger partial charge in [0.15, 0.2) is 0 Å². The molecule has 102 valence electrons. The predicted octanol–water partition coefficient (Wildman–Crippen LogP) is 3.31. The van der Waals surface area contributed by atoms with E-state index in [4.69, 9.17) is 10.5 Å². The number of benzene rings is 1. The summed E-state index contributed by atoms with van der Waals surface area (Å²) in [6, 6.07) is 5.77. The summed E-state index contributed by atoms with van der Waals surface area (Å²) >= 11 is 0. The molecule has 0 radical (unpaired) electrons. The molecule has 0 spiro atoms. The molecule has 0 amide bonds. The van der Waals surface area contributed by atoms with Crippen LogP contribution in [0.25, 0.3) is 0 Å². The molecule has 2 N–H and O–H groups in total. The van der Waals surface area contributed by atoms with Crippen LogP contribution >= 0.6 is 0 Å². The van der Waals surface area contributed by atoms with Crippen molar-refractivity contribution in [2.24, 2.45) is 5.73 Å². The van der Waals surface area contributed by atoms with Crippen molar-refractivity contribution in [3.63, 3.8) is 0 Å². The lowest BCUT2D eigenvalue weighted by Gasteiger charge is -2.09. The molecule has 5 heteroatoms. The molecule has 0 fully saturated rings. The molecule has 0 aliphatic rings. The van der Waals surface area contributed by atoms with Crippen LogP contribution in [-0.4, -0.2) is 12.8 Å². The zero-order valence-electron chi connectivity index (χ0n) is 10.4. The molecule has 0 unspecified atom stereocenters. The van der Waals surface area contributed by atoms with Crippen LogP contribution in [0.2, 0.25) is 0 Å². The van der Waals surface area contributed by atoms with E-state index in [0.717, 1.165) is 16.7 Å². The molecule has 0 saturated heterocycles. The van der Waals surface area contributed by atoms with Gasteiger partial charge in [0.2, 0.25) is 0 Å². The minimum atomic E-state index is -4.10. The third-order valence-corrected chi connectivity index (χ3v) is 2.65. The molecule has 0 aliphatic carbocycles. The number of nitrogens with two attached hydrogens (primary N) is 1. The zero-order valence-corrected chi connectivity index (χ0v) is 10.4. The lowest BCUT2D eigenvalue weighted by atomic mass is 10.1. The van der Waals surface area contributed by atoms with E-state index in [1.807, 2.05) is 25.1 Å². The van der Waals surface area contributed by atoms with Gasteiger partial charge in [0.05, 0.1) is 6.61 Å². The summed E-state index contributed by atoms with van der Waals surface area (Å²) in [5.41, 5.74) is 8.58. The van der Waals surface area contributed by atoms with E-state index in [0.29, 0.717) is 13.2 Å². The first kappa shape index (κ1) is 15.0. The van der Waals surface area contributed by atoms with Crippen LogP contribution < -0.4 is 5.73 Å². The van der Waals surface area contributed by atoms with Gasteiger partial charge in [-0.05, 0) is 30.0 Å². The Labute approximate surface area is 105 Å². The predicted molar refractivity (Wildman–Crippen MR) is 64.0 cm³/mol. The Balaban J connectivity index is 2.31. The van der Waals surface area contributed by atoms with Crippen LogP contribution in [0.3, 0.4) is 0 Å². The van der Waals surface area contributed by atoms with Crippen molar-refractivity contribution in [1.82, 2.24) is 0 Å². The highest BCUT2D eigenvalue weighted by Gasteiger charge is 2.25. The van der Waals surface area contributed by atoms with Gasteiger partial charge in [0.25, 0.3) is 0 Å². The second kappa shape index (κ2) is 6.75. The SMILES string of the molecule is Cc1cc(CN)ccc1COCCCC(F)(F)F. The van der Waals surface area contributed by atoms with E-state index >= 15 is 0 Å². The topological polar surface area (TPSA) is 35.2 Å². The van der Waals surface area contributed by atoms with Gasteiger partial charge in [0.1, 0.15) is 0 Å².